The number of alkyl carbamates (subject to hydrolysis) is 1. The summed E-state index contributed by atoms with van der Waals surface area (Å²) in [5.74, 6) is -0.820. The van der Waals surface area contributed by atoms with Crippen LogP contribution in [0.3, 0.4) is 0 Å². The number of amides is 1. The van der Waals surface area contributed by atoms with Gasteiger partial charge in [0.25, 0.3) is 0 Å². The summed E-state index contributed by atoms with van der Waals surface area (Å²) in [6.45, 7) is 8.92. The van der Waals surface area contributed by atoms with E-state index in [1.54, 1.807) is 34.6 Å². The monoisotopic (exact) mass is 447 g/mol. The first-order valence-electron chi connectivity index (χ1n) is 10.3. The van der Waals surface area contributed by atoms with Crippen molar-refractivity contribution in [3.63, 3.8) is 0 Å². The average molecular weight is 448 g/mol. The Morgan fingerprint density at radius 2 is 1.84 bits per heavy atom. The zero-order valence-electron chi connectivity index (χ0n) is 19.0. The largest absolute Gasteiger partial charge is 0.473 e. The highest BCUT2D eigenvalue weighted by Gasteiger charge is 2.24. The van der Waals surface area contributed by atoms with Crippen LogP contribution in [-0.4, -0.2) is 29.7 Å². The molecule has 0 saturated carbocycles. The lowest BCUT2D eigenvalue weighted by atomic mass is 9.98. The molecule has 0 bridgehead atoms. The minimum absolute atomic E-state index is 0.111. The van der Waals surface area contributed by atoms with Gasteiger partial charge in [0, 0.05) is 5.56 Å². The number of carbonyl (C=O) groups excluding carboxylic acids is 2. The quantitative estimate of drug-likeness (QED) is 0.559. The first kappa shape index (κ1) is 25.1. The Kier molecular flexibility index (Phi) is 8.95. The van der Waals surface area contributed by atoms with E-state index in [0.717, 1.165) is 11.8 Å². The van der Waals surface area contributed by atoms with Crippen LogP contribution < -0.4 is 15.5 Å². The Morgan fingerprint density at radius 3 is 2.50 bits per heavy atom. The van der Waals surface area contributed by atoms with Gasteiger partial charge in [-0.25, -0.2) is 19.0 Å². The van der Waals surface area contributed by atoms with Crippen LogP contribution in [0.25, 0.3) is 0 Å². The third-order valence-corrected chi connectivity index (χ3v) is 4.32. The highest BCUT2D eigenvalue weighted by atomic mass is 19.1. The predicted octanol–water partition coefficient (Wildman–Crippen LogP) is 4.07. The van der Waals surface area contributed by atoms with Crippen molar-refractivity contribution in [2.24, 2.45) is 5.41 Å². The summed E-state index contributed by atoms with van der Waals surface area (Å²) in [5.41, 5.74) is 3.13. The molecule has 0 aliphatic heterocycles. The first-order chi connectivity index (χ1) is 15.1. The standard InChI is InChI=1S/C23H30FN3O5/c1-15(12-26-32-21(28)23(3,4)5)31-20-19(11-18(24)13-25-20)16(2)27-22(29)30-14-17-9-7-6-8-10-17/h6-11,13,15-16,26H,12,14H2,1-5H3,(H,27,29)/t15?,16-/m1/s1. The molecule has 32 heavy (non-hydrogen) atoms. The number of aromatic nitrogens is 1. The zero-order chi connectivity index (χ0) is 23.7. The second-order valence-corrected chi connectivity index (χ2v) is 8.39. The fourth-order valence-corrected chi connectivity index (χ4v) is 2.48. The van der Waals surface area contributed by atoms with Gasteiger partial charge in [-0.15, -0.1) is 5.48 Å². The lowest BCUT2D eigenvalue weighted by Crippen LogP contribution is -2.35. The highest BCUT2D eigenvalue weighted by molar-refractivity contribution is 5.75. The fraction of sp³-hybridized carbons (Fsp3) is 0.435. The van der Waals surface area contributed by atoms with Gasteiger partial charge >= 0.3 is 12.1 Å². The third kappa shape index (κ3) is 8.14. The van der Waals surface area contributed by atoms with E-state index in [0.29, 0.717) is 5.56 Å². The van der Waals surface area contributed by atoms with Gasteiger partial charge < -0.3 is 19.6 Å². The number of hydrogen-bond donors (Lipinski definition) is 2. The van der Waals surface area contributed by atoms with Gasteiger partial charge in [-0.3, -0.25) is 0 Å². The molecule has 1 aromatic carbocycles. The molecule has 0 spiro atoms. The normalized spacial score (nSPS) is 13.1. The molecule has 0 saturated heterocycles. The minimum Gasteiger partial charge on any atom is -0.473 e. The highest BCUT2D eigenvalue weighted by Crippen LogP contribution is 2.25. The fourth-order valence-electron chi connectivity index (χ4n) is 2.48. The van der Waals surface area contributed by atoms with Crippen LogP contribution in [-0.2, 0) is 21.0 Å². The second-order valence-electron chi connectivity index (χ2n) is 8.39. The molecule has 1 heterocycles. The molecule has 2 rings (SSSR count). The Balaban J connectivity index is 1.93. The Labute approximate surface area is 187 Å². The molecule has 1 aromatic heterocycles. The van der Waals surface area contributed by atoms with E-state index in [2.05, 4.69) is 15.8 Å². The molecule has 174 valence electrons. The van der Waals surface area contributed by atoms with Gasteiger partial charge in [0.1, 0.15) is 18.5 Å². The third-order valence-electron chi connectivity index (χ3n) is 4.32. The maximum Gasteiger partial charge on any atom is 0.407 e. The number of benzene rings is 1. The van der Waals surface area contributed by atoms with E-state index in [1.165, 1.54) is 6.07 Å². The summed E-state index contributed by atoms with van der Waals surface area (Å²) in [7, 11) is 0. The van der Waals surface area contributed by atoms with Crippen LogP contribution in [0.5, 0.6) is 5.88 Å². The molecule has 2 atom stereocenters. The number of nitrogens with zero attached hydrogens (tertiary/aromatic N) is 1. The molecule has 0 aliphatic carbocycles. The summed E-state index contributed by atoms with van der Waals surface area (Å²) in [6, 6.07) is 9.86. The van der Waals surface area contributed by atoms with E-state index in [9.17, 15) is 14.0 Å². The van der Waals surface area contributed by atoms with Crippen LogP contribution >= 0.6 is 0 Å². The molecule has 8 nitrogen and oxygen atoms in total. The number of hydroxylamine groups is 1. The molecule has 0 fully saturated rings. The minimum atomic E-state index is -0.652. The Morgan fingerprint density at radius 1 is 1.16 bits per heavy atom. The second kappa shape index (κ2) is 11.4. The molecular formula is C23H30FN3O5. The van der Waals surface area contributed by atoms with E-state index in [4.69, 9.17) is 14.3 Å². The van der Waals surface area contributed by atoms with Crippen LogP contribution in [0.2, 0.25) is 0 Å². The number of carbonyl (C=O) groups is 2. The van der Waals surface area contributed by atoms with Crippen molar-refractivity contribution in [1.29, 1.82) is 0 Å². The first-order valence-corrected chi connectivity index (χ1v) is 10.3. The number of pyridine rings is 1. The summed E-state index contributed by atoms with van der Waals surface area (Å²) in [5, 5.41) is 2.65. The number of rotatable bonds is 9. The Hall–Kier alpha value is -3.20. The van der Waals surface area contributed by atoms with E-state index < -0.39 is 35.4 Å². The number of halogens is 1. The van der Waals surface area contributed by atoms with Crippen LogP contribution in [0.1, 0.15) is 51.8 Å². The maximum atomic E-state index is 13.8. The Bertz CT molecular complexity index is 902. The molecule has 1 amide bonds. The SMILES string of the molecule is CC(CNOC(=O)C(C)(C)C)Oc1ncc(F)cc1[C@@H](C)NC(=O)OCc1ccccc1. The van der Waals surface area contributed by atoms with Gasteiger partial charge in [-0.2, -0.15) is 0 Å². The molecule has 1 unspecified atom stereocenters. The topological polar surface area (TPSA) is 98.8 Å². The summed E-state index contributed by atoms with van der Waals surface area (Å²) >= 11 is 0. The van der Waals surface area contributed by atoms with Crippen LogP contribution in [0.4, 0.5) is 9.18 Å². The van der Waals surface area contributed by atoms with Gasteiger partial charge in [0.15, 0.2) is 0 Å². The van der Waals surface area contributed by atoms with Gasteiger partial charge in [0.05, 0.1) is 24.2 Å². The smallest absolute Gasteiger partial charge is 0.407 e. The molecular weight excluding hydrogens is 417 g/mol. The summed E-state index contributed by atoms with van der Waals surface area (Å²) in [4.78, 5) is 33.0. The van der Waals surface area contributed by atoms with Crippen molar-refractivity contribution >= 4 is 12.1 Å². The lowest BCUT2D eigenvalue weighted by Gasteiger charge is -2.21. The molecule has 0 radical (unpaired) electrons. The van der Waals surface area contributed by atoms with Crippen molar-refractivity contribution < 1.29 is 28.3 Å². The van der Waals surface area contributed by atoms with E-state index >= 15 is 0 Å². The van der Waals surface area contributed by atoms with E-state index in [1.807, 2.05) is 30.3 Å². The maximum absolute atomic E-state index is 13.8. The number of nitrogens with one attached hydrogen (secondary N) is 2. The van der Waals surface area contributed by atoms with Crippen molar-refractivity contribution in [1.82, 2.24) is 15.8 Å². The van der Waals surface area contributed by atoms with E-state index in [-0.39, 0.29) is 19.0 Å². The van der Waals surface area contributed by atoms with Gasteiger partial charge in [-0.1, -0.05) is 30.3 Å². The van der Waals surface area contributed by atoms with Crippen molar-refractivity contribution in [2.45, 2.75) is 53.4 Å². The number of hydrogen-bond acceptors (Lipinski definition) is 7. The van der Waals surface area contributed by atoms with Crippen LogP contribution in [0, 0.1) is 11.2 Å². The van der Waals surface area contributed by atoms with Crippen LogP contribution in [0.15, 0.2) is 42.6 Å². The molecule has 2 N–H and O–H groups in total. The zero-order valence-corrected chi connectivity index (χ0v) is 19.0. The summed E-state index contributed by atoms with van der Waals surface area (Å²) < 4.78 is 24.8. The number of ether oxygens (including phenoxy) is 2. The van der Waals surface area contributed by atoms with Gasteiger partial charge in [-0.05, 0) is 46.2 Å². The summed E-state index contributed by atoms with van der Waals surface area (Å²) in [6.07, 6.45) is -0.0870. The van der Waals surface area contributed by atoms with Crippen molar-refractivity contribution in [3.05, 3.63) is 59.5 Å². The predicted molar refractivity (Wildman–Crippen MR) is 116 cm³/mol. The van der Waals surface area contributed by atoms with Crippen molar-refractivity contribution in [3.8, 4) is 5.88 Å². The lowest BCUT2D eigenvalue weighted by molar-refractivity contribution is -0.161. The van der Waals surface area contributed by atoms with Gasteiger partial charge in [0.2, 0.25) is 5.88 Å². The average Bonchev–Trinajstić information content (AvgIpc) is 2.73. The molecule has 9 heteroatoms. The molecule has 2 aromatic rings. The van der Waals surface area contributed by atoms with Crippen molar-refractivity contribution in [2.75, 3.05) is 6.54 Å². The molecule has 0 aliphatic rings.